The fraction of sp³-hybridized carbons (Fsp3) is 0.684. The van der Waals surface area contributed by atoms with Crippen LogP contribution in [0.4, 0.5) is 0 Å². The largest absolute Gasteiger partial charge is 0.388 e. The number of ether oxygens (including phenoxy) is 1. The second kappa shape index (κ2) is 5.89. The maximum atomic E-state index is 13.9. The lowest BCUT2D eigenvalue weighted by Crippen LogP contribution is -2.77. The number of allylic oxidation sites excluding steroid dienone is 1. The Morgan fingerprint density at radius 1 is 1.00 bits per heavy atom. The molecule has 2 aliphatic carbocycles. The molecule has 2 spiro atoms. The first-order chi connectivity index (χ1) is 14.3. The molecule has 5 saturated heterocycles. The van der Waals surface area contributed by atoms with Gasteiger partial charge in [0.25, 0.3) is 11.8 Å². The number of hydrogen-bond acceptors (Lipinski definition) is 9. The summed E-state index contributed by atoms with van der Waals surface area (Å²) in [6.07, 6.45) is 0.123. The SMILES string of the molecule is CO[C@H]1CC(=O)[C@@H]2C[C@@]34SS[C@]5(C[C@@H]6C(=O)C=C[C@H](O)[C@H]6N5C3=O)C(=O)N4[C@@H]2[C@H]1O. The molecule has 2 bridgehead atoms. The van der Waals surface area contributed by atoms with E-state index in [1.54, 1.807) is 0 Å². The highest BCUT2D eigenvalue weighted by Crippen LogP contribution is 2.69. The van der Waals surface area contributed by atoms with Crippen molar-refractivity contribution in [2.24, 2.45) is 11.8 Å². The minimum Gasteiger partial charge on any atom is -0.388 e. The third-order valence-corrected chi connectivity index (χ3v) is 11.3. The van der Waals surface area contributed by atoms with E-state index < -0.39 is 52.0 Å². The molecular formula is C19H20N2O7S2. The van der Waals surface area contributed by atoms with E-state index in [2.05, 4.69) is 0 Å². The molecule has 5 heterocycles. The first-order valence-electron chi connectivity index (χ1n) is 9.95. The van der Waals surface area contributed by atoms with Crippen LogP contribution in [0, 0.1) is 11.8 Å². The Labute approximate surface area is 179 Å². The lowest BCUT2D eigenvalue weighted by atomic mass is 9.79. The maximum Gasteiger partial charge on any atom is 0.261 e. The fourth-order valence-electron chi connectivity index (χ4n) is 6.29. The van der Waals surface area contributed by atoms with E-state index in [0.29, 0.717) is 0 Å². The van der Waals surface area contributed by atoms with Gasteiger partial charge in [0, 0.05) is 38.2 Å². The third-order valence-electron chi connectivity index (χ3n) is 7.64. The van der Waals surface area contributed by atoms with Crippen molar-refractivity contribution < 1.29 is 34.1 Å². The van der Waals surface area contributed by atoms with Gasteiger partial charge in [-0.1, -0.05) is 27.7 Å². The topological polar surface area (TPSA) is 124 Å². The number of rotatable bonds is 1. The van der Waals surface area contributed by atoms with Crippen LogP contribution in [0.25, 0.3) is 0 Å². The predicted molar refractivity (Wildman–Crippen MR) is 105 cm³/mol. The molecule has 6 fully saturated rings. The fourth-order valence-corrected chi connectivity index (χ4v) is 10.1. The minimum absolute atomic E-state index is 0.0422. The second-order valence-electron chi connectivity index (χ2n) is 8.88. The minimum atomic E-state index is -1.32. The van der Waals surface area contributed by atoms with Crippen LogP contribution in [0.1, 0.15) is 19.3 Å². The molecule has 7 aliphatic rings. The molecule has 0 aromatic rings. The van der Waals surface area contributed by atoms with Gasteiger partial charge in [-0.15, -0.1) is 0 Å². The van der Waals surface area contributed by atoms with Crippen LogP contribution in [-0.2, 0) is 23.9 Å². The summed E-state index contributed by atoms with van der Waals surface area (Å²) in [4.78, 5) is 53.3. The zero-order valence-electron chi connectivity index (χ0n) is 16.0. The number of aliphatic hydroxyl groups is 2. The number of Topliss-reactive ketones (excluding diaryl/α,β-unsaturated/α-hetero) is 1. The maximum absolute atomic E-state index is 13.9. The van der Waals surface area contributed by atoms with Crippen LogP contribution in [0.15, 0.2) is 12.2 Å². The quantitative estimate of drug-likeness (QED) is 0.486. The highest BCUT2D eigenvalue weighted by atomic mass is 33.1. The molecule has 7 rings (SSSR count). The number of nitrogens with zero attached hydrogens (tertiary/aromatic N) is 2. The number of methoxy groups -OCH3 is 1. The monoisotopic (exact) mass is 452 g/mol. The van der Waals surface area contributed by atoms with Gasteiger partial charge in [-0.05, 0) is 6.08 Å². The van der Waals surface area contributed by atoms with Gasteiger partial charge in [-0.3, -0.25) is 19.2 Å². The van der Waals surface area contributed by atoms with Gasteiger partial charge in [-0.2, -0.15) is 0 Å². The number of hydrogen-bond donors (Lipinski definition) is 2. The number of aliphatic hydroxyl groups excluding tert-OH is 2. The summed E-state index contributed by atoms with van der Waals surface area (Å²) in [5, 5.41) is 21.5. The Balaban J connectivity index is 1.49. The molecule has 0 aromatic carbocycles. The molecule has 2 N–H and O–H groups in total. The molecule has 9 atom stereocenters. The molecule has 1 saturated carbocycles. The summed E-state index contributed by atoms with van der Waals surface area (Å²) in [7, 11) is 3.91. The Morgan fingerprint density at radius 3 is 2.23 bits per heavy atom. The molecule has 0 aromatic heterocycles. The Hall–Kier alpha value is -1.40. The van der Waals surface area contributed by atoms with Crippen molar-refractivity contribution in [3.63, 3.8) is 0 Å². The zero-order chi connectivity index (χ0) is 21.2. The smallest absolute Gasteiger partial charge is 0.261 e. The molecule has 30 heavy (non-hydrogen) atoms. The number of amides is 2. The second-order valence-corrected chi connectivity index (χ2v) is 11.6. The van der Waals surface area contributed by atoms with Crippen LogP contribution in [0.5, 0.6) is 0 Å². The molecule has 9 nitrogen and oxygen atoms in total. The van der Waals surface area contributed by atoms with E-state index in [9.17, 15) is 29.4 Å². The van der Waals surface area contributed by atoms with Crippen LogP contribution in [0.3, 0.4) is 0 Å². The average Bonchev–Trinajstić information content (AvgIpc) is 3.27. The standard InChI is InChI=1S/C19H20N2O7S2/c1-28-12-4-11(24)8-6-19-16(26)20-13-7(9(22)2-3-10(13)23)5-18(20,29-30-19)17(27)21(19)14(8)15(12)25/h2-3,7-8,10,12-15,23,25H,4-6H2,1H3/t7-,8+,10+,12+,13+,14+,15+,18-,19-/m1/s1. The van der Waals surface area contributed by atoms with Crippen LogP contribution in [-0.4, -0.2) is 90.6 Å². The van der Waals surface area contributed by atoms with Crippen molar-refractivity contribution in [2.75, 3.05) is 7.11 Å². The van der Waals surface area contributed by atoms with Gasteiger partial charge in [-0.25, -0.2) is 0 Å². The van der Waals surface area contributed by atoms with Crippen molar-refractivity contribution in [1.82, 2.24) is 9.80 Å². The Morgan fingerprint density at radius 2 is 1.60 bits per heavy atom. The molecule has 2 amide bonds. The van der Waals surface area contributed by atoms with Gasteiger partial charge in [0.1, 0.15) is 11.9 Å². The van der Waals surface area contributed by atoms with E-state index in [1.165, 1.54) is 50.6 Å². The summed E-state index contributed by atoms with van der Waals surface area (Å²) in [6, 6.07) is -1.62. The molecule has 11 heteroatoms. The van der Waals surface area contributed by atoms with Crippen molar-refractivity contribution in [3.05, 3.63) is 12.2 Å². The van der Waals surface area contributed by atoms with Crippen LogP contribution in [0.2, 0.25) is 0 Å². The summed E-state index contributed by atoms with van der Waals surface area (Å²) >= 11 is 0. The Bertz CT molecular complexity index is 942. The van der Waals surface area contributed by atoms with Gasteiger partial charge in [0.2, 0.25) is 0 Å². The summed E-state index contributed by atoms with van der Waals surface area (Å²) in [5.41, 5.74) is 0. The first kappa shape index (κ1) is 19.3. The number of ketones is 2. The van der Waals surface area contributed by atoms with Gasteiger partial charge >= 0.3 is 0 Å². The van der Waals surface area contributed by atoms with Crippen molar-refractivity contribution >= 4 is 45.0 Å². The van der Waals surface area contributed by atoms with Gasteiger partial charge in [0.05, 0.1) is 24.3 Å². The van der Waals surface area contributed by atoms with Crippen molar-refractivity contribution in [2.45, 2.75) is 59.4 Å². The van der Waals surface area contributed by atoms with E-state index >= 15 is 0 Å². The number of piperazine rings is 1. The zero-order valence-corrected chi connectivity index (χ0v) is 17.6. The lowest BCUT2D eigenvalue weighted by Gasteiger charge is -2.59. The summed E-state index contributed by atoms with van der Waals surface area (Å²) in [5.74, 6) is -2.34. The summed E-state index contributed by atoms with van der Waals surface area (Å²) in [6.45, 7) is 0. The van der Waals surface area contributed by atoms with Crippen molar-refractivity contribution in [3.8, 4) is 0 Å². The van der Waals surface area contributed by atoms with Gasteiger partial charge < -0.3 is 24.7 Å². The number of fused-ring (bicyclic) bond motifs is 3. The number of carbonyl (C=O) groups excluding carboxylic acids is 4. The molecular weight excluding hydrogens is 432 g/mol. The normalized spacial score (nSPS) is 51.2. The highest BCUT2D eigenvalue weighted by molar-refractivity contribution is 8.78. The van der Waals surface area contributed by atoms with Gasteiger partial charge in [0.15, 0.2) is 15.5 Å². The van der Waals surface area contributed by atoms with Crippen molar-refractivity contribution in [1.29, 1.82) is 0 Å². The van der Waals surface area contributed by atoms with E-state index in [0.717, 1.165) is 0 Å². The molecule has 0 radical (unpaired) electrons. The van der Waals surface area contributed by atoms with E-state index in [-0.39, 0.29) is 42.6 Å². The van der Waals surface area contributed by atoms with Crippen LogP contribution >= 0.6 is 21.6 Å². The average molecular weight is 453 g/mol. The predicted octanol–water partition coefficient (Wildman–Crippen LogP) is -0.930. The van der Waals surface area contributed by atoms with Crippen LogP contribution < -0.4 is 0 Å². The molecule has 5 aliphatic heterocycles. The Kier molecular flexibility index (Phi) is 3.79. The molecule has 160 valence electrons. The summed E-state index contributed by atoms with van der Waals surface area (Å²) < 4.78 is 5.29. The highest BCUT2D eigenvalue weighted by Gasteiger charge is 2.79. The third kappa shape index (κ3) is 1.95. The molecule has 0 unspecified atom stereocenters. The lowest BCUT2D eigenvalue weighted by molar-refractivity contribution is -0.173. The first-order valence-corrected chi connectivity index (χ1v) is 12.1. The van der Waals surface area contributed by atoms with E-state index in [4.69, 9.17) is 4.74 Å². The van der Waals surface area contributed by atoms with E-state index in [1.807, 2.05) is 0 Å². The number of carbonyl (C=O) groups is 4.